The van der Waals surface area contributed by atoms with Gasteiger partial charge in [-0.1, -0.05) is 0 Å². The van der Waals surface area contributed by atoms with Gasteiger partial charge in [-0.3, -0.25) is 4.68 Å². The van der Waals surface area contributed by atoms with E-state index in [-0.39, 0.29) is 0 Å². The maximum atomic E-state index is 12.8. The first kappa shape index (κ1) is 14.8. The van der Waals surface area contributed by atoms with Crippen LogP contribution in [0.3, 0.4) is 0 Å². The number of hydrogen-bond acceptors (Lipinski definition) is 1. The third kappa shape index (κ3) is 2.62. The van der Waals surface area contributed by atoms with E-state index in [0.717, 1.165) is 6.92 Å². The van der Waals surface area contributed by atoms with Crippen LogP contribution in [0.1, 0.15) is 37.7 Å². The third-order valence-corrected chi connectivity index (χ3v) is 2.29. The van der Waals surface area contributed by atoms with Gasteiger partial charge in [0.2, 0.25) is 0 Å². The molecule has 1 aromatic rings. The number of nitrogens with zero attached hydrogens (tertiary/aromatic N) is 2. The Bertz CT molecular complexity index is 447. The third-order valence-electron chi connectivity index (χ3n) is 2.29. The summed E-state index contributed by atoms with van der Waals surface area (Å²) in [5, 5.41) is 3.09. The van der Waals surface area contributed by atoms with E-state index >= 15 is 0 Å². The van der Waals surface area contributed by atoms with Crippen molar-refractivity contribution < 1.29 is 26.3 Å². The molecule has 0 aliphatic rings. The summed E-state index contributed by atoms with van der Waals surface area (Å²) in [6, 6.07) is 0. The Labute approximate surface area is 99.6 Å². The van der Waals surface area contributed by atoms with Gasteiger partial charge in [0.25, 0.3) is 0 Å². The summed E-state index contributed by atoms with van der Waals surface area (Å²) in [5.74, 6) is 0. The summed E-state index contributed by atoms with van der Waals surface area (Å²) >= 11 is 0. The maximum Gasteiger partial charge on any atom is 0.435 e. The first-order chi connectivity index (χ1) is 7.76. The van der Waals surface area contributed by atoms with Crippen LogP contribution < -0.4 is 0 Å². The summed E-state index contributed by atoms with van der Waals surface area (Å²) in [7, 11) is 0. The highest BCUT2D eigenvalue weighted by atomic mass is 19.4. The summed E-state index contributed by atoms with van der Waals surface area (Å²) in [5.41, 5.74) is -4.95. The van der Waals surface area contributed by atoms with Gasteiger partial charge >= 0.3 is 12.4 Å². The second-order valence-electron chi connectivity index (χ2n) is 4.90. The first-order valence-electron chi connectivity index (χ1n) is 5.00. The molecule has 18 heavy (non-hydrogen) atoms. The van der Waals surface area contributed by atoms with Gasteiger partial charge in [-0.2, -0.15) is 31.4 Å². The molecule has 8 heteroatoms. The van der Waals surface area contributed by atoms with Crippen LogP contribution in [0, 0.1) is 6.92 Å². The van der Waals surface area contributed by atoms with Crippen LogP contribution >= 0.6 is 0 Å². The SMILES string of the molecule is Cc1c(C(F)(F)F)nn(C(C)(C)C)c1C(F)(F)F. The zero-order valence-electron chi connectivity index (χ0n) is 10.2. The van der Waals surface area contributed by atoms with Gasteiger partial charge in [0.05, 0.1) is 5.54 Å². The van der Waals surface area contributed by atoms with E-state index in [0.29, 0.717) is 4.68 Å². The Kier molecular flexibility index (Phi) is 3.21. The molecule has 2 nitrogen and oxygen atoms in total. The average molecular weight is 274 g/mol. The van der Waals surface area contributed by atoms with Gasteiger partial charge in [-0.25, -0.2) is 0 Å². The minimum Gasteiger partial charge on any atom is -0.254 e. The van der Waals surface area contributed by atoms with Crippen molar-refractivity contribution in [1.82, 2.24) is 9.78 Å². The molecular weight excluding hydrogens is 262 g/mol. The van der Waals surface area contributed by atoms with E-state index in [1.54, 1.807) is 0 Å². The van der Waals surface area contributed by atoms with E-state index in [2.05, 4.69) is 5.10 Å². The number of halogens is 6. The minimum absolute atomic E-state index is 0.380. The highest BCUT2D eigenvalue weighted by Crippen LogP contribution is 2.40. The van der Waals surface area contributed by atoms with Gasteiger partial charge in [-0.05, 0) is 27.7 Å². The molecule has 0 aliphatic carbocycles. The fourth-order valence-electron chi connectivity index (χ4n) is 1.58. The van der Waals surface area contributed by atoms with Crippen LogP contribution in [-0.4, -0.2) is 9.78 Å². The van der Waals surface area contributed by atoms with Crippen molar-refractivity contribution in [3.63, 3.8) is 0 Å². The minimum atomic E-state index is -4.90. The lowest BCUT2D eigenvalue weighted by Crippen LogP contribution is -2.29. The topological polar surface area (TPSA) is 17.8 Å². The van der Waals surface area contributed by atoms with Gasteiger partial charge in [0, 0.05) is 5.56 Å². The maximum absolute atomic E-state index is 12.8. The molecule has 0 amide bonds. The second kappa shape index (κ2) is 3.89. The lowest BCUT2D eigenvalue weighted by Gasteiger charge is -2.23. The van der Waals surface area contributed by atoms with Crippen molar-refractivity contribution in [2.75, 3.05) is 0 Å². The molecule has 1 heterocycles. The molecule has 0 radical (unpaired) electrons. The quantitative estimate of drug-likeness (QED) is 0.654. The summed E-state index contributed by atoms with van der Waals surface area (Å²) in [6.07, 6.45) is -9.78. The van der Waals surface area contributed by atoms with E-state index < -0.39 is 34.8 Å². The normalized spacial score (nSPS) is 14.1. The summed E-state index contributed by atoms with van der Waals surface area (Å²) in [4.78, 5) is 0. The van der Waals surface area contributed by atoms with Crippen molar-refractivity contribution in [2.45, 2.75) is 45.6 Å². The average Bonchev–Trinajstić information content (AvgIpc) is 2.39. The van der Waals surface area contributed by atoms with Crippen LogP contribution in [0.15, 0.2) is 0 Å². The molecule has 1 aromatic heterocycles. The predicted octanol–water partition coefficient (Wildman–Crippen LogP) is 3.98. The first-order valence-corrected chi connectivity index (χ1v) is 5.00. The second-order valence-corrected chi connectivity index (χ2v) is 4.90. The Morgan fingerprint density at radius 3 is 1.56 bits per heavy atom. The molecule has 0 aliphatic heterocycles. The Morgan fingerprint density at radius 2 is 1.33 bits per heavy atom. The van der Waals surface area contributed by atoms with E-state index in [1.165, 1.54) is 20.8 Å². The van der Waals surface area contributed by atoms with Gasteiger partial charge < -0.3 is 0 Å². The molecule has 0 atom stereocenters. The fraction of sp³-hybridized carbons (Fsp3) is 0.700. The summed E-state index contributed by atoms with van der Waals surface area (Å²) < 4.78 is 76.5. The number of alkyl halides is 6. The van der Waals surface area contributed by atoms with Crippen LogP contribution in [0.25, 0.3) is 0 Å². The van der Waals surface area contributed by atoms with Gasteiger partial charge in [-0.15, -0.1) is 0 Å². The smallest absolute Gasteiger partial charge is 0.254 e. The van der Waals surface area contributed by atoms with Gasteiger partial charge in [0.15, 0.2) is 5.69 Å². The standard InChI is InChI=1S/C10H12F6N2/c1-5-6(9(11,12)13)17-18(8(2,3)4)7(5)10(14,15)16/h1-4H3. The van der Waals surface area contributed by atoms with Crippen molar-refractivity contribution in [1.29, 1.82) is 0 Å². The molecule has 0 spiro atoms. The lowest BCUT2D eigenvalue weighted by atomic mass is 10.1. The molecule has 0 saturated carbocycles. The predicted molar refractivity (Wildman–Crippen MR) is 52.0 cm³/mol. The zero-order valence-corrected chi connectivity index (χ0v) is 10.2. The number of aromatic nitrogens is 2. The molecular formula is C10H12F6N2. The van der Waals surface area contributed by atoms with Crippen LogP contribution in [-0.2, 0) is 17.9 Å². The van der Waals surface area contributed by atoms with Crippen molar-refractivity contribution in [2.24, 2.45) is 0 Å². The van der Waals surface area contributed by atoms with Gasteiger partial charge in [0.1, 0.15) is 5.69 Å². The number of rotatable bonds is 0. The van der Waals surface area contributed by atoms with Crippen LogP contribution in [0.4, 0.5) is 26.3 Å². The molecule has 104 valence electrons. The zero-order chi connectivity index (χ0) is 14.5. The van der Waals surface area contributed by atoms with Crippen molar-refractivity contribution in [3.05, 3.63) is 17.0 Å². The van der Waals surface area contributed by atoms with Crippen molar-refractivity contribution in [3.8, 4) is 0 Å². The Morgan fingerprint density at radius 1 is 0.889 bits per heavy atom. The molecule has 0 bridgehead atoms. The number of hydrogen-bond donors (Lipinski definition) is 0. The Balaban J connectivity index is 3.63. The molecule has 1 rings (SSSR count). The lowest BCUT2D eigenvalue weighted by molar-refractivity contribution is -0.146. The van der Waals surface area contributed by atoms with E-state index in [4.69, 9.17) is 0 Å². The fourth-order valence-corrected chi connectivity index (χ4v) is 1.58. The van der Waals surface area contributed by atoms with Crippen LogP contribution in [0.2, 0.25) is 0 Å². The van der Waals surface area contributed by atoms with E-state index in [9.17, 15) is 26.3 Å². The molecule has 0 saturated heterocycles. The van der Waals surface area contributed by atoms with E-state index in [1.807, 2.05) is 0 Å². The summed E-state index contributed by atoms with van der Waals surface area (Å²) in [6.45, 7) is 4.85. The molecule has 0 aromatic carbocycles. The monoisotopic (exact) mass is 274 g/mol. The molecule has 0 N–H and O–H groups in total. The highest BCUT2D eigenvalue weighted by molar-refractivity contribution is 5.30. The molecule has 0 fully saturated rings. The molecule has 0 unspecified atom stereocenters. The highest BCUT2D eigenvalue weighted by Gasteiger charge is 2.46. The Hall–Kier alpha value is -1.21. The van der Waals surface area contributed by atoms with Crippen LogP contribution in [0.5, 0.6) is 0 Å². The largest absolute Gasteiger partial charge is 0.435 e. The van der Waals surface area contributed by atoms with Crippen molar-refractivity contribution >= 4 is 0 Å².